The third-order valence-corrected chi connectivity index (χ3v) is 6.04. The van der Waals surface area contributed by atoms with E-state index in [-0.39, 0.29) is 24.3 Å². The topological polar surface area (TPSA) is 88.3 Å². The number of hydrogen-bond donors (Lipinski definition) is 2. The third-order valence-electron chi connectivity index (χ3n) is 4.36. The molecule has 0 radical (unpaired) electrons. The van der Waals surface area contributed by atoms with E-state index in [0.29, 0.717) is 29.7 Å². The number of carbonyl (C=O) groups excluding carboxylic acids is 2. The molecule has 134 valence electrons. The molecule has 1 aliphatic heterocycles. The molecule has 2 aromatic rings. The van der Waals surface area contributed by atoms with Gasteiger partial charge in [-0.05, 0) is 37.3 Å². The fraction of sp³-hybridized carbons (Fsp3) is 0.471. The molecule has 2 atom stereocenters. The molecule has 0 aromatic carbocycles. The van der Waals surface area contributed by atoms with Gasteiger partial charge in [0.25, 0.3) is 0 Å². The lowest BCUT2D eigenvalue weighted by Crippen LogP contribution is -2.35. The highest BCUT2D eigenvalue weighted by Gasteiger charge is 2.31. The number of likely N-dealkylation sites (tertiary alicyclic amines) is 1. The van der Waals surface area contributed by atoms with E-state index >= 15 is 0 Å². The van der Waals surface area contributed by atoms with Crippen LogP contribution in [0.5, 0.6) is 0 Å². The van der Waals surface area contributed by atoms with Gasteiger partial charge in [0.2, 0.25) is 11.8 Å². The summed E-state index contributed by atoms with van der Waals surface area (Å²) < 4.78 is 0. The molecule has 0 saturated carbocycles. The molecule has 3 N–H and O–H groups in total. The van der Waals surface area contributed by atoms with Gasteiger partial charge < -0.3 is 16.0 Å². The molecule has 8 heteroatoms. The van der Waals surface area contributed by atoms with Crippen molar-refractivity contribution < 1.29 is 9.59 Å². The number of thiophene rings is 1. The Morgan fingerprint density at radius 2 is 2.24 bits per heavy atom. The Morgan fingerprint density at radius 3 is 2.92 bits per heavy atom. The van der Waals surface area contributed by atoms with Gasteiger partial charge in [-0.1, -0.05) is 6.07 Å². The SMILES string of the molecule is CC1CC(CN)CN1C(=O)Cc1csc(NC(=O)Cc2cccs2)n1. The zero-order valence-electron chi connectivity index (χ0n) is 14.1. The van der Waals surface area contributed by atoms with Crippen LogP contribution in [0.25, 0.3) is 0 Å². The molecule has 2 aromatic heterocycles. The minimum absolute atomic E-state index is 0.0743. The number of nitrogens with one attached hydrogen (secondary N) is 1. The minimum atomic E-state index is -0.0892. The summed E-state index contributed by atoms with van der Waals surface area (Å²) in [6, 6.07) is 4.08. The first-order valence-corrected chi connectivity index (χ1v) is 10.1. The van der Waals surface area contributed by atoms with Crippen LogP contribution >= 0.6 is 22.7 Å². The maximum atomic E-state index is 12.5. The molecule has 3 rings (SSSR count). The van der Waals surface area contributed by atoms with E-state index in [4.69, 9.17) is 5.73 Å². The van der Waals surface area contributed by atoms with E-state index in [0.717, 1.165) is 17.8 Å². The Bertz CT molecular complexity index is 729. The summed E-state index contributed by atoms with van der Waals surface area (Å²) in [5.41, 5.74) is 6.42. The first-order valence-electron chi connectivity index (χ1n) is 8.31. The van der Waals surface area contributed by atoms with Gasteiger partial charge in [0.05, 0.1) is 18.5 Å². The van der Waals surface area contributed by atoms with Crippen LogP contribution in [0.1, 0.15) is 23.9 Å². The van der Waals surface area contributed by atoms with Gasteiger partial charge in [0.1, 0.15) is 0 Å². The van der Waals surface area contributed by atoms with Crippen molar-refractivity contribution in [3.05, 3.63) is 33.5 Å². The van der Waals surface area contributed by atoms with Crippen molar-refractivity contribution in [3.63, 3.8) is 0 Å². The van der Waals surface area contributed by atoms with Crippen molar-refractivity contribution in [2.24, 2.45) is 11.7 Å². The average Bonchev–Trinajstić information content (AvgIpc) is 3.29. The van der Waals surface area contributed by atoms with Crippen molar-refractivity contribution in [3.8, 4) is 0 Å². The van der Waals surface area contributed by atoms with Crippen molar-refractivity contribution in [2.75, 3.05) is 18.4 Å². The van der Waals surface area contributed by atoms with Crippen molar-refractivity contribution in [2.45, 2.75) is 32.2 Å². The quantitative estimate of drug-likeness (QED) is 0.806. The number of hydrogen-bond acceptors (Lipinski definition) is 6. The van der Waals surface area contributed by atoms with Crippen LogP contribution in [0, 0.1) is 5.92 Å². The smallest absolute Gasteiger partial charge is 0.231 e. The summed E-state index contributed by atoms with van der Waals surface area (Å²) in [4.78, 5) is 31.8. The fourth-order valence-corrected chi connectivity index (χ4v) is 4.53. The third kappa shape index (κ3) is 4.65. The van der Waals surface area contributed by atoms with Gasteiger partial charge in [-0.2, -0.15) is 0 Å². The standard InChI is InChI=1S/C17H22N4O2S2/c1-11-5-12(8-18)9-21(11)16(23)6-13-10-25-17(19-13)20-15(22)7-14-3-2-4-24-14/h2-4,10-12H,5-9,18H2,1H3,(H,19,20,22). The number of amides is 2. The molecule has 25 heavy (non-hydrogen) atoms. The highest BCUT2D eigenvalue weighted by atomic mass is 32.1. The number of nitrogens with zero attached hydrogens (tertiary/aromatic N) is 2. The molecular formula is C17H22N4O2S2. The van der Waals surface area contributed by atoms with Crippen LogP contribution in [0.15, 0.2) is 22.9 Å². The Kier molecular flexibility index (Phi) is 5.82. The molecular weight excluding hydrogens is 356 g/mol. The summed E-state index contributed by atoms with van der Waals surface area (Å²) in [5, 5.41) is 7.12. The number of rotatable bonds is 6. The Balaban J connectivity index is 1.53. The molecule has 1 saturated heterocycles. The van der Waals surface area contributed by atoms with Crippen LogP contribution in [0.4, 0.5) is 5.13 Å². The first kappa shape index (κ1) is 18.0. The van der Waals surface area contributed by atoms with E-state index in [1.807, 2.05) is 27.8 Å². The second kappa shape index (κ2) is 8.07. The number of nitrogens with two attached hydrogens (primary N) is 1. The molecule has 2 amide bonds. The second-order valence-electron chi connectivity index (χ2n) is 6.36. The second-order valence-corrected chi connectivity index (χ2v) is 8.25. The van der Waals surface area contributed by atoms with Gasteiger partial charge in [0.15, 0.2) is 5.13 Å². The summed E-state index contributed by atoms with van der Waals surface area (Å²) in [6.45, 7) is 3.40. The Labute approximate surface area is 155 Å². The summed E-state index contributed by atoms with van der Waals surface area (Å²) >= 11 is 2.91. The fourth-order valence-electron chi connectivity index (χ4n) is 3.10. The zero-order chi connectivity index (χ0) is 17.8. The van der Waals surface area contributed by atoms with E-state index in [1.54, 1.807) is 11.3 Å². The molecule has 0 spiro atoms. The lowest BCUT2D eigenvalue weighted by Gasteiger charge is -2.21. The highest BCUT2D eigenvalue weighted by Crippen LogP contribution is 2.24. The number of thiazole rings is 1. The largest absolute Gasteiger partial charge is 0.339 e. The maximum Gasteiger partial charge on any atom is 0.231 e. The van der Waals surface area contributed by atoms with Crippen molar-refractivity contribution >= 4 is 39.6 Å². The van der Waals surface area contributed by atoms with E-state index in [2.05, 4.69) is 17.2 Å². The van der Waals surface area contributed by atoms with Crippen LogP contribution in [-0.2, 0) is 22.4 Å². The van der Waals surface area contributed by atoms with Gasteiger partial charge in [-0.15, -0.1) is 22.7 Å². The van der Waals surface area contributed by atoms with Crippen LogP contribution in [-0.4, -0.2) is 40.8 Å². The molecule has 3 heterocycles. The molecule has 0 aliphatic carbocycles. The normalized spacial score (nSPS) is 20.0. The van der Waals surface area contributed by atoms with Gasteiger partial charge in [-0.3, -0.25) is 9.59 Å². The predicted molar refractivity (Wildman–Crippen MR) is 101 cm³/mol. The summed E-state index contributed by atoms with van der Waals surface area (Å²) in [6.07, 6.45) is 1.57. The van der Waals surface area contributed by atoms with E-state index in [1.165, 1.54) is 11.3 Å². The lowest BCUT2D eigenvalue weighted by atomic mass is 10.1. The summed E-state index contributed by atoms with van der Waals surface area (Å²) in [7, 11) is 0. The highest BCUT2D eigenvalue weighted by molar-refractivity contribution is 7.14. The van der Waals surface area contributed by atoms with Crippen LogP contribution in [0.3, 0.4) is 0 Å². The van der Waals surface area contributed by atoms with E-state index in [9.17, 15) is 9.59 Å². The Hall–Kier alpha value is -1.77. The molecule has 1 aliphatic rings. The molecule has 2 unspecified atom stereocenters. The average molecular weight is 379 g/mol. The summed E-state index contributed by atoms with van der Waals surface area (Å²) in [5.74, 6) is 0.375. The lowest BCUT2D eigenvalue weighted by molar-refractivity contribution is -0.131. The van der Waals surface area contributed by atoms with Crippen molar-refractivity contribution in [1.29, 1.82) is 0 Å². The molecule has 6 nitrogen and oxygen atoms in total. The van der Waals surface area contributed by atoms with Gasteiger partial charge >= 0.3 is 0 Å². The molecule has 1 fully saturated rings. The number of anilines is 1. The maximum absolute atomic E-state index is 12.5. The molecule has 0 bridgehead atoms. The number of aromatic nitrogens is 1. The van der Waals surface area contributed by atoms with Gasteiger partial charge in [0, 0.05) is 22.8 Å². The van der Waals surface area contributed by atoms with Crippen LogP contribution < -0.4 is 11.1 Å². The monoisotopic (exact) mass is 378 g/mol. The number of carbonyl (C=O) groups is 2. The first-order chi connectivity index (χ1) is 12.0. The van der Waals surface area contributed by atoms with E-state index < -0.39 is 0 Å². The zero-order valence-corrected chi connectivity index (χ0v) is 15.7. The van der Waals surface area contributed by atoms with Crippen molar-refractivity contribution in [1.82, 2.24) is 9.88 Å². The predicted octanol–water partition coefficient (Wildman–Crippen LogP) is 2.12. The van der Waals surface area contributed by atoms with Gasteiger partial charge in [-0.25, -0.2) is 4.98 Å². The minimum Gasteiger partial charge on any atom is -0.339 e. The Morgan fingerprint density at radius 1 is 1.40 bits per heavy atom. The van der Waals surface area contributed by atoms with Crippen LogP contribution in [0.2, 0.25) is 0 Å².